The van der Waals surface area contributed by atoms with Crippen molar-refractivity contribution in [2.45, 2.75) is 24.0 Å². The van der Waals surface area contributed by atoms with Gasteiger partial charge in [-0.15, -0.1) is 0 Å². The summed E-state index contributed by atoms with van der Waals surface area (Å²) in [6.45, 7) is 2.73. The van der Waals surface area contributed by atoms with E-state index in [4.69, 9.17) is 5.26 Å². The molecule has 0 aliphatic carbocycles. The van der Waals surface area contributed by atoms with Gasteiger partial charge in [-0.2, -0.15) is 22.7 Å². The first-order valence-electron chi connectivity index (χ1n) is 6.52. The van der Waals surface area contributed by atoms with Crippen LogP contribution >= 0.6 is 0 Å². The molecule has 9 heteroatoms. The van der Waals surface area contributed by atoms with Gasteiger partial charge in [0.15, 0.2) is 0 Å². The minimum Gasteiger partial charge on any atom is -0.314 e. The van der Waals surface area contributed by atoms with Gasteiger partial charge in [-0.3, -0.25) is 0 Å². The SMILES string of the molecule is C[C@@H]1CNCCN1S(=O)(=O)c1ccc(C#N)c(C(F)(F)F)c1. The Bertz CT molecular complexity index is 710. The summed E-state index contributed by atoms with van der Waals surface area (Å²) in [6, 6.07) is 3.53. The number of nitriles is 1. The van der Waals surface area contributed by atoms with Crippen molar-refractivity contribution in [3.05, 3.63) is 29.3 Å². The number of rotatable bonds is 2. The Labute approximate surface area is 126 Å². The van der Waals surface area contributed by atoms with E-state index in [2.05, 4.69) is 5.32 Å². The normalized spacial score (nSPS) is 20.6. The van der Waals surface area contributed by atoms with Crippen LogP contribution in [0.4, 0.5) is 13.2 Å². The van der Waals surface area contributed by atoms with E-state index in [1.54, 1.807) is 6.92 Å². The number of benzene rings is 1. The summed E-state index contributed by atoms with van der Waals surface area (Å²) in [5.41, 5.74) is -1.83. The minimum absolute atomic E-state index is 0.185. The maximum Gasteiger partial charge on any atom is 0.417 e. The van der Waals surface area contributed by atoms with Gasteiger partial charge in [0.2, 0.25) is 10.0 Å². The van der Waals surface area contributed by atoms with Crippen LogP contribution in [-0.4, -0.2) is 38.4 Å². The molecule has 0 amide bonds. The summed E-state index contributed by atoms with van der Waals surface area (Å²) < 4.78 is 65.1. The summed E-state index contributed by atoms with van der Waals surface area (Å²) >= 11 is 0. The molecule has 1 aliphatic rings. The smallest absolute Gasteiger partial charge is 0.314 e. The Kier molecular flexibility index (Phi) is 4.47. The minimum atomic E-state index is -4.79. The van der Waals surface area contributed by atoms with E-state index in [9.17, 15) is 21.6 Å². The van der Waals surface area contributed by atoms with Crippen LogP contribution in [0.2, 0.25) is 0 Å². The molecule has 1 saturated heterocycles. The molecule has 2 rings (SSSR count). The van der Waals surface area contributed by atoms with Crippen LogP contribution in [0.5, 0.6) is 0 Å². The van der Waals surface area contributed by atoms with Gasteiger partial charge in [0.05, 0.1) is 22.1 Å². The molecular weight excluding hydrogens is 319 g/mol. The van der Waals surface area contributed by atoms with E-state index in [0.29, 0.717) is 19.2 Å². The lowest BCUT2D eigenvalue weighted by atomic mass is 10.1. The number of piperazine rings is 1. The summed E-state index contributed by atoms with van der Waals surface area (Å²) in [4.78, 5) is -0.451. The van der Waals surface area contributed by atoms with Crippen molar-refractivity contribution in [2.75, 3.05) is 19.6 Å². The van der Waals surface area contributed by atoms with Crippen LogP contribution in [0.3, 0.4) is 0 Å². The molecule has 1 aromatic carbocycles. The second-order valence-electron chi connectivity index (χ2n) is 4.99. The van der Waals surface area contributed by atoms with Gasteiger partial charge in [-0.1, -0.05) is 0 Å². The highest BCUT2D eigenvalue weighted by molar-refractivity contribution is 7.89. The van der Waals surface area contributed by atoms with Gasteiger partial charge in [0.25, 0.3) is 0 Å². The molecule has 1 N–H and O–H groups in total. The Morgan fingerprint density at radius 2 is 2.09 bits per heavy atom. The molecular formula is C13H14F3N3O2S. The van der Waals surface area contributed by atoms with E-state index < -0.39 is 32.2 Å². The topological polar surface area (TPSA) is 73.2 Å². The molecule has 0 bridgehead atoms. The molecule has 0 aromatic heterocycles. The van der Waals surface area contributed by atoms with Crippen molar-refractivity contribution in [3.8, 4) is 6.07 Å². The summed E-state index contributed by atoms with van der Waals surface area (Å²) in [7, 11) is -4.04. The van der Waals surface area contributed by atoms with Gasteiger partial charge < -0.3 is 5.32 Å². The molecule has 22 heavy (non-hydrogen) atoms. The van der Waals surface area contributed by atoms with Crippen molar-refractivity contribution in [1.29, 1.82) is 5.26 Å². The predicted molar refractivity (Wildman–Crippen MR) is 72.4 cm³/mol. The number of nitrogens with zero attached hydrogens (tertiary/aromatic N) is 2. The van der Waals surface area contributed by atoms with E-state index in [0.717, 1.165) is 12.1 Å². The van der Waals surface area contributed by atoms with Crippen LogP contribution in [-0.2, 0) is 16.2 Å². The van der Waals surface area contributed by atoms with Crippen LogP contribution in [0.15, 0.2) is 23.1 Å². The molecule has 5 nitrogen and oxygen atoms in total. The zero-order chi connectivity index (χ0) is 16.5. The zero-order valence-electron chi connectivity index (χ0n) is 11.7. The molecule has 1 aromatic rings. The van der Waals surface area contributed by atoms with E-state index in [1.165, 1.54) is 10.4 Å². The largest absolute Gasteiger partial charge is 0.417 e. The molecule has 0 radical (unpaired) electrons. The first-order valence-corrected chi connectivity index (χ1v) is 7.96. The van der Waals surface area contributed by atoms with Gasteiger partial charge in [-0.25, -0.2) is 8.42 Å². The summed E-state index contributed by atoms with van der Waals surface area (Å²) in [5, 5.41) is 11.8. The van der Waals surface area contributed by atoms with E-state index in [-0.39, 0.29) is 12.6 Å². The van der Waals surface area contributed by atoms with Gasteiger partial charge in [-0.05, 0) is 25.1 Å². The van der Waals surface area contributed by atoms with Crippen LogP contribution in [0.25, 0.3) is 0 Å². The Morgan fingerprint density at radius 1 is 1.41 bits per heavy atom. The lowest BCUT2D eigenvalue weighted by molar-refractivity contribution is -0.137. The number of hydrogen-bond acceptors (Lipinski definition) is 4. The highest BCUT2D eigenvalue weighted by Crippen LogP contribution is 2.34. The second kappa shape index (κ2) is 5.87. The number of hydrogen-bond donors (Lipinski definition) is 1. The maximum absolute atomic E-state index is 13.0. The maximum atomic E-state index is 13.0. The first-order chi connectivity index (χ1) is 10.2. The fraction of sp³-hybridized carbons (Fsp3) is 0.462. The van der Waals surface area contributed by atoms with Gasteiger partial charge >= 0.3 is 6.18 Å². The number of sulfonamides is 1. The molecule has 0 unspecified atom stereocenters. The van der Waals surface area contributed by atoms with Crippen molar-refractivity contribution in [2.24, 2.45) is 0 Å². The first kappa shape index (κ1) is 16.7. The zero-order valence-corrected chi connectivity index (χ0v) is 12.5. The summed E-state index contributed by atoms with van der Waals surface area (Å²) in [5.74, 6) is 0. The quantitative estimate of drug-likeness (QED) is 0.891. The molecule has 1 heterocycles. The van der Waals surface area contributed by atoms with Gasteiger partial charge in [0, 0.05) is 25.7 Å². The van der Waals surface area contributed by atoms with Crippen molar-refractivity contribution < 1.29 is 21.6 Å². The summed E-state index contributed by atoms with van der Waals surface area (Å²) in [6.07, 6.45) is -4.79. The Morgan fingerprint density at radius 3 is 2.64 bits per heavy atom. The van der Waals surface area contributed by atoms with Crippen molar-refractivity contribution in [1.82, 2.24) is 9.62 Å². The number of halogens is 3. The third-order valence-corrected chi connectivity index (χ3v) is 5.47. The van der Waals surface area contributed by atoms with E-state index in [1.807, 2.05) is 0 Å². The molecule has 120 valence electrons. The molecule has 1 fully saturated rings. The lowest BCUT2D eigenvalue weighted by Crippen LogP contribution is -2.52. The monoisotopic (exact) mass is 333 g/mol. The van der Waals surface area contributed by atoms with Crippen molar-refractivity contribution in [3.63, 3.8) is 0 Å². The number of alkyl halides is 3. The Balaban J connectivity index is 2.51. The third kappa shape index (κ3) is 3.09. The average molecular weight is 333 g/mol. The lowest BCUT2D eigenvalue weighted by Gasteiger charge is -2.33. The standard InChI is InChI=1S/C13H14F3N3O2S/c1-9-8-18-4-5-19(9)22(20,21)11-3-2-10(7-17)12(6-11)13(14,15)16/h2-3,6,9,18H,4-5,8H2,1H3/t9-/m1/s1. The van der Waals surface area contributed by atoms with Crippen LogP contribution in [0.1, 0.15) is 18.1 Å². The molecule has 0 spiro atoms. The molecule has 0 saturated carbocycles. The predicted octanol–water partition coefficient (Wildman–Crippen LogP) is 1.56. The Hall–Kier alpha value is -1.63. The van der Waals surface area contributed by atoms with Crippen LogP contribution in [0, 0.1) is 11.3 Å². The fourth-order valence-corrected chi connectivity index (χ4v) is 3.99. The van der Waals surface area contributed by atoms with Crippen molar-refractivity contribution >= 4 is 10.0 Å². The average Bonchev–Trinajstić information content (AvgIpc) is 2.46. The van der Waals surface area contributed by atoms with Crippen LogP contribution < -0.4 is 5.32 Å². The highest BCUT2D eigenvalue weighted by atomic mass is 32.2. The van der Waals surface area contributed by atoms with Gasteiger partial charge in [0.1, 0.15) is 0 Å². The highest BCUT2D eigenvalue weighted by Gasteiger charge is 2.37. The second-order valence-corrected chi connectivity index (χ2v) is 6.88. The number of nitrogens with one attached hydrogen (secondary N) is 1. The third-order valence-electron chi connectivity index (χ3n) is 3.46. The van der Waals surface area contributed by atoms with E-state index >= 15 is 0 Å². The molecule has 1 aliphatic heterocycles. The molecule has 1 atom stereocenters. The fourth-order valence-electron chi connectivity index (χ4n) is 2.33.